The van der Waals surface area contributed by atoms with Crippen LogP contribution < -0.4 is 5.32 Å². The summed E-state index contributed by atoms with van der Waals surface area (Å²) >= 11 is 0. The van der Waals surface area contributed by atoms with Crippen LogP contribution in [0.3, 0.4) is 0 Å². The van der Waals surface area contributed by atoms with Crippen molar-refractivity contribution in [3.63, 3.8) is 0 Å². The predicted molar refractivity (Wildman–Crippen MR) is 89.9 cm³/mol. The van der Waals surface area contributed by atoms with E-state index in [1.165, 1.54) is 5.56 Å². The molecule has 1 aromatic heterocycles. The number of piperidine rings is 1. The fraction of sp³-hybridized carbons (Fsp3) is 0.500. The van der Waals surface area contributed by atoms with E-state index in [4.69, 9.17) is 4.52 Å². The van der Waals surface area contributed by atoms with Crippen molar-refractivity contribution in [1.29, 1.82) is 0 Å². The maximum Gasteiger partial charge on any atom is 0.246 e. The number of likely N-dealkylation sites (tertiary alicyclic amines) is 1. The van der Waals surface area contributed by atoms with Crippen LogP contribution in [-0.4, -0.2) is 34.0 Å². The Morgan fingerprint density at radius 3 is 2.62 bits per heavy atom. The summed E-state index contributed by atoms with van der Waals surface area (Å²) in [6.45, 7) is 6.90. The lowest BCUT2D eigenvalue weighted by molar-refractivity contribution is -0.133. The van der Waals surface area contributed by atoms with Crippen molar-refractivity contribution in [1.82, 2.24) is 20.4 Å². The smallest absolute Gasteiger partial charge is 0.246 e. The van der Waals surface area contributed by atoms with Crippen LogP contribution in [-0.2, 0) is 17.9 Å². The average Bonchev–Trinajstić information content (AvgIpc) is 3.01. The summed E-state index contributed by atoms with van der Waals surface area (Å²) in [5, 5.41) is 6.66. The Morgan fingerprint density at radius 2 is 2.00 bits per heavy atom. The standard InChI is InChI=1S/C18H24N4O2/c1-14-20-16(24-21-14)12-19-17(23)18(2)8-10-22(11-9-18)13-15-6-4-3-5-7-15/h3-7H,8-13H2,1-2H3,(H,19,23). The van der Waals surface area contributed by atoms with Crippen LogP contribution in [0, 0.1) is 12.3 Å². The zero-order valence-electron chi connectivity index (χ0n) is 14.3. The van der Waals surface area contributed by atoms with E-state index in [1.807, 2.05) is 13.0 Å². The molecule has 0 saturated carbocycles. The Labute approximate surface area is 142 Å². The first-order valence-corrected chi connectivity index (χ1v) is 8.39. The summed E-state index contributed by atoms with van der Waals surface area (Å²) in [4.78, 5) is 19.1. The second kappa shape index (κ2) is 7.13. The van der Waals surface area contributed by atoms with E-state index in [1.54, 1.807) is 6.92 Å². The van der Waals surface area contributed by atoms with Crippen LogP contribution in [0.25, 0.3) is 0 Å². The van der Waals surface area contributed by atoms with Gasteiger partial charge in [0.15, 0.2) is 5.82 Å². The molecule has 128 valence electrons. The normalized spacial score (nSPS) is 17.6. The first-order valence-electron chi connectivity index (χ1n) is 8.39. The first kappa shape index (κ1) is 16.6. The van der Waals surface area contributed by atoms with Gasteiger partial charge >= 0.3 is 0 Å². The van der Waals surface area contributed by atoms with Gasteiger partial charge < -0.3 is 9.84 Å². The number of carbonyl (C=O) groups excluding carboxylic acids is 1. The van der Waals surface area contributed by atoms with Gasteiger partial charge in [0.05, 0.1) is 6.54 Å². The fourth-order valence-electron chi connectivity index (χ4n) is 3.05. The van der Waals surface area contributed by atoms with Crippen molar-refractivity contribution in [2.24, 2.45) is 5.41 Å². The van der Waals surface area contributed by atoms with E-state index in [9.17, 15) is 4.79 Å². The number of nitrogens with zero attached hydrogens (tertiary/aromatic N) is 3. The molecule has 6 nitrogen and oxygen atoms in total. The van der Waals surface area contributed by atoms with Crippen LogP contribution in [0.15, 0.2) is 34.9 Å². The molecule has 0 bridgehead atoms. The van der Waals surface area contributed by atoms with Crippen molar-refractivity contribution in [3.05, 3.63) is 47.6 Å². The van der Waals surface area contributed by atoms with Gasteiger partial charge in [-0.1, -0.05) is 42.4 Å². The van der Waals surface area contributed by atoms with E-state index in [0.717, 1.165) is 32.5 Å². The number of hydrogen-bond acceptors (Lipinski definition) is 5. The number of amides is 1. The second-order valence-corrected chi connectivity index (χ2v) is 6.74. The minimum atomic E-state index is -0.331. The van der Waals surface area contributed by atoms with Gasteiger partial charge in [-0.05, 0) is 38.4 Å². The third-order valence-corrected chi connectivity index (χ3v) is 4.73. The summed E-state index contributed by atoms with van der Waals surface area (Å²) in [6, 6.07) is 10.5. The number of rotatable bonds is 5. The maximum absolute atomic E-state index is 12.5. The minimum Gasteiger partial charge on any atom is -0.347 e. The molecule has 2 heterocycles. The molecule has 0 radical (unpaired) electrons. The van der Waals surface area contributed by atoms with Gasteiger partial charge in [0.1, 0.15) is 0 Å². The molecule has 2 aromatic rings. The van der Waals surface area contributed by atoms with Crippen molar-refractivity contribution in [2.45, 2.75) is 39.8 Å². The summed E-state index contributed by atoms with van der Waals surface area (Å²) in [5.41, 5.74) is 0.986. The molecular formula is C18H24N4O2. The molecule has 1 saturated heterocycles. The van der Waals surface area contributed by atoms with Gasteiger partial charge in [-0.25, -0.2) is 0 Å². The molecule has 0 spiro atoms. The van der Waals surface area contributed by atoms with Crippen molar-refractivity contribution < 1.29 is 9.32 Å². The van der Waals surface area contributed by atoms with Gasteiger partial charge in [-0.3, -0.25) is 9.69 Å². The summed E-state index contributed by atoms with van der Waals surface area (Å²) < 4.78 is 5.03. The molecule has 0 aliphatic carbocycles. The minimum absolute atomic E-state index is 0.0673. The van der Waals surface area contributed by atoms with E-state index in [-0.39, 0.29) is 11.3 Å². The van der Waals surface area contributed by atoms with Gasteiger partial charge in [0.25, 0.3) is 0 Å². The van der Waals surface area contributed by atoms with Crippen LogP contribution >= 0.6 is 0 Å². The molecule has 24 heavy (non-hydrogen) atoms. The van der Waals surface area contributed by atoms with Gasteiger partial charge in [0, 0.05) is 12.0 Å². The molecule has 1 aliphatic heterocycles. The number of carbonyl (C=O) groups is 1. The first-order chi connectivity index (χ1) is 11.5. The molecule has 3 rings (SSSR count). The van der Waals surface area contributed by atoms with Crippen molar-refractivity contribution in [2.75, 3.05) is 13.1 Å². The number of benzene rings is 1. The Bertz CT molecular complexity index is 675. The van der Waals surface area contributed by atoms with Crippen LogP contribution in [0.1, 0.15) is 37.0 Å². The number of nitrogens with one attached hydrogen (secondary N) is 1. The highest BCUT2D eigenvalue weighted by atomic mass is 16.5. The molecular weight excluding hydrogens is 304 g/mol. The molecule has 6 heteroatoms. The number of aromatic nitrogens is 2. The Kier molecular flexibility index (Phi) is 4.94. The third kappa shape index (κ3) is 4.00. The lowest BCUT2D eigenvalue weighted by atomic mass is 9.79. The van der Waals surface area contributed by atoms with Gasteiger partial charge in [-0.2, -0.15) is 4.98 Å². The molecule has 0 unspecified atom stereocenters. The lowest BCUT2D eigenvalue weighted by Gasteiger charge is -2.38. The highest BCUT2D eigenvalue weighted by Gasteiger charge is 2.36. The number of aryl methyl sites for hydroxylation is 1. The number of hydrogen-bond donors (Lipinski definition) is 1. The SMILES string of the molecule is Cc1noc(CNC(=O)C2(C)CCN(Cc3ccccc3)CC2)n1. The van der Waals surface area contributed by atoms with Crippen molar-refractivity contribution >= 4 is 5.91 Å². The predicted octanol–water partition coefficient (Wildman–Crippen LogP) is 2.30. The maximum atomic E-state index is 12.5. The van der Waals surface area contributed by atoms with Crippen LogP contribution in [0.2, 0.25) is 0 Å². The molecule has 1 N–H and O–H groups in total. The molecule has 0 atom stereocenters. The Balaban J connectivity index is 1.49. The van der Waals surface area contributed by atoms with Gasteiger partial charge in [-0.15, -0.1) is 0 Å². The summed E-state index contributed by atoms with van der Waals surface area (Å²) in [6.07, 6.45) is 1.71. The molecule has 1 aliphatic rings. The molecule has 1 fully saturated rings. The largest absolute Gasteiger partial charge is 0.347 e. The van der Waals surface area contributed by atoms with Gasteiger partial charge in [0.2, 0.25) is 11.8 Å². The van der Waals surface area contributed by atoms with Crippen LogP contribution in [0.4, 0.5) is 0 Å². The quantitative estimate of drug-likeness (QED) is 0.912. The summed E-state index contributed by atoms with van der Waals surface area (Å²) in [5.74, 6) is 1.10. The lowest BCUT2D eigenvalue weighted by Crippen LogP contribution is -2.46. The summed E-state index contributed by atoms with van der Waals surface area (Å²) in [7, 11) is 0. The molecule has 1 amide bonds. The Hall–Kier alpha value is -2.21. The third-order valence-electron chi connectivity index (χ3n) is 4.73. The topological polar surface area (TPSA) is 71.3 Å². The second-order valence-electron chi connectivity index (χ2n) is 6.74. The molecule has 1 aromatic carbocycles. The fourth-order valence-corrected chi connectivity index (χ4v) is 3.05. The highest BCUT2D eigenvalue weighted by Crippen LogP contribution is 2.31. The monoisotopic (exact) mass is 328 g/mol. The highest BCUT2D eigenvalue weighted by molar-refractivity contribution is 5.82. The van der Waals surface area contributed by atoms with Crippen molar-refractivity contribution in [3.8, 4) is 0 Å². The van der Waals surface area contributed by atoms with Crippen LogP contribution in [0.5, 0.6) is 0 Å². The van der Waals surface area contributed by atoms with E-state index in [2.05, 4.69) is 44.6 Å². The zero-order chi connectivity index (χ0) is 17.0. The van der Waals surface area contributed by atoms with E-state index < -0.39 is 0 Å². The van der Waals surface area contributed by atoms with E-state index >= 15 is 0 Å². The van der Waals surface area contributed by atoms with E-state index in [0.29, 0.717) is 18.3 Å². The average molecular weight is 328 g/mol. The zero-order valence-corrected chi connectivity index (χ0v) is 14.3. The Morgan fingerprint density at radius 1 is 1.29 bits per heavy atom.